The Morgan fingerprint density at radius 1 is 1.41 bits per heavy atom. The standard InChI is InChI=1S/C12H10FNO2S/c1-16-10-7-8(4-5-9(10)13)14-12(15)11-3-2-6-17-11/h2-7H,1H3,(H,14,15). The van der Waals surface area contributed by atoms with E-state index in [1.165, 1.54) is 36.6 Å². The van der Waals surface area contributed by atoms with Gasteiger partial charge < -0.3 is 10.1 Å². The highest BCUT2D eigenvalue weighted by molar-refractivity contribution is 7.12. The summed E-state index contributed by atoms with van der Waals surface area (Å²) in [6.07, 6.45) is 0. The van der Waals surface area contributed by atoms with Crippen molar-refractivity contribution in [3.8, 4) is 5.75 Å². The van der Waals surface area contributed by atoms with E-state index in [2.05, 4.69) is 5.32 Å². The molecule has 0 saturated heterocycles. The number of hydrogen-bond donors (Lipinski definition) is 1. The van der Waals surface area contributed by atoms with Crippen molar-refractivity contribution in [2.75, 3.05) is 12.4 Å². The molecule has 0 saturated carbocycles. The summed E-state index contributed by atoms with van der Waals surface area (Å²) < 4.78 is 18.0. The molecule has 1 heterocycles. The second-order valence-electron chi connectivity index (χ2n) is 3.28. The number of halogens is 1. The summed E-state index contributed by atoms with van der Waals surface area (Å²) in [7, 11) is 1.38. The van der Waals surface area contributed by atoms with Gasteiger partial charge in [0.15, 0.2) is 11.6 Å². The first-order valence-electron chi connectivity index (χ1n) is 4.89. The molecule has 1 aromatic carbocycles. The maximum Gasteiger partial charge on any atom is 0.265 e. The molecule has 2 aromatic rings. The fourth-order valence-corrected chi connectivity index (χ4v) is 1.96. The first kappa shape index (κ1) is 11.6. The topological polar surface area (TPSA) is 38.3 Å². The number of nitrogens with one attached hydrogen (secondary N) is 1. The summed E-state index contributed by atoms with van der Waals surface area (Å²) in [6, 6.07) is 7.71. The predicted molar refractivity (Wildman–Crippen MR) is 65.2 cm³/mol. The lowest BCUT2D eigenvalue weighted by molar-refractivity contribution is 0.103. The fraction of sp³-hybridized carbons (Fsp3) is 0.0833. The van der Waals surface area contributed by atoms with E-state index in [0.717, 1.165) is 0 Å². The molecule has 5 heteroatoms. The van der Waals surface area contributed by atoms with Crippen LogP contribution in [0.5, 0.6) is 5.75 Å². The SMILES string of the molecule is COc1cc(NC(=O)c2cccs2)ccc1F. The lowest BCUT2D eigenvalue weighted by Crippen LogP contribution is -2.10. The molecule has 3 nitrogen and oxygen atoms in total. The summed E-state index contributed by atoms with van der Waals surface area (Å²) in [5.41, 5.74) is 0.502. The Balaban J connectivity index is 2.16. The number of amides is 1. The second-order valence-corrected chi connectivity index (χ2v) is 4.23. The van der Waals surface area contributed by atoms with Gasteiger partial charge in [0.2, 0.25) is 0 Å². The summed E-state index contributed by atoms with van der Waals surface area (Å²) in [4.78, 5) is 12.3. The van der Waals surface area contributed by atoms with Crippen LogP contribution < -0.4 is 10.1 Å². The van der Waals surface area contributed by atoms with Gasteiger partial charge in [-0.05, 0) is 23.6 Å². The third-order valence-corrected chi connectivity index (χ3v) is 3.02. The Bertz CT molecular complexity index is 525. The number of rotatable bonds is 3. The molecule has 1 amide bonds. The average molecular weight is 251 g/mol. The van der Waals surface area contributed by atoms with Gasteiger partial charge in [-0.3, -0.25) is 4.79 Å². The van der Waals surface area contributed by atoms with Gasteiger partial charge in [0.25, 0.3) is 5.91 Å². The fourth-order valence-electron chi connectivity index (χ4n) is 1.34. The minimum Gasteiger partial charge on any atom is -0.494 e. The van der Waals surface area contributed by atoms with Crippen molar-refractivity contribution in [2.45, 2.75) is 0 Å². The molecule has 0 aliphatic carbocycles. The molecule has 0 aliphatic heterocycles. The average Bonchev–Trinajstić information content (AvgIpc) is 2.85. The molecule has 1 aromatic heterocycles. The van der Waals surface area contributed by atoms with Crippen LogP contribution in [-0.4, -0.2) is 13.0 Å². The zero-order valence-corrected chi connectivity index (χ0v) is 9.88. The summed E-state index contributed by atoms with van der Waals surface area (Å²) >= 11 is 1.35. The number of thiophene rings is 1. The molecule has 0 bridgehead atoms. The molecular weight excluding hydrogens is 241 g/mol. The Morgan fingerprint density at radius 3 is 2.88 bits per heavy atom. The van der Waals surface area contributed by atoms with Crippen molar-refractivity contribution >= 4 is 22.9 Å². The van der Waals surface area contributed by atoms with Crippen LogP contribution >= 0.6 is 11.3 Å². The largest absolute Gasteiger partial charge is 0.494 e. The number of hydrogen-bond acceptors (Lipinski definition) is 3. The number of carbonyl (C=O) groups excluding carboxylic acids is 1. The van der Waals surface area contributed by atoms with E-state index in [4.69, 9.17) is 4.74 Å². The molecular formula is C12H10FNO2S. The zero-order valence-electron chi connectivity index (χ0n) is 9.07. The summed E-state index contributed by atoms with van der Waals surface area (Å²) in [5, 5.41) is 4.49. The minimum atomic E-state index is -0.457. The van der Waals surface area contributed by atoms with E-state index in [1.54, 1.807) is 12.1 Å². The van der Waals surface area contributed by atoms with Crippen molar-refractivity contribution in [1.82, 2.24) is 0 Å². The number of ether oxygens (including phenoxy) is 1. The second kappa shape index (κ2) is 4.97. The molecule has 0 radical (unpaired) electrons. The first-order chi connectivity index (χ1) is 8.20. The molecule has 0 atom stereocenters. The highest BCUT2D eigenvalue weighted by Crippen LogP contribution is 2.22. The molecule has 1 N–H and O–H groups in total. The van der Waals surface area contributed by atoms with E-state index in [9.17, 15) is 9.18 Å². The lowest BCUT2D eigenvalue weighted by Gasteiger charge is -2.06. The van der Waals surface area contributed by atoms with Crippen molar-refractivity contribution in [1.29, 1.82) is 0 Å². The van der Waals surface area contributed by atoms with Crippen LogP contribution in [0.4, 0.5) is 10.1 Å². The normalized spacial score (nSPS) is 10.0. The maximum absolute atomic E-state index is 13.1. The zero-order chi connectivity index (χ0) is 12.3. The van der Waals surface area contributed by atoms with E-state index in [-0.39, 0.29) is 11.7 Å². The van der Waals surface area contributed by atoms with Gasteiger partial charge in [-0.25, -0.2) is 4.39 Å². The Kier molecular flexibility index (Phi) is 3.39. The number of anilines is 1. The summed E-state index contributed by atoms with van der Waals surface area (Å²) in [6.45, 7) is 0. The van der Waals surface area contributed by atoms with Gasteiger partial charge in [0, 0.05) is 11.8 Å². The van der Waals surface area contributed by atoms with Gasteiger partial charge in [0.05, 0.1) is 12.0 Å². The summed E-state index contributed by atoms with van der Waals surface area (Å²) in [5.74, 6) is -0.565. The first-order valence-corrected chi connectivity index (χ1v) is 5.77. The third kappa shape index (κ3) is 2.62. The van der Waals surface area contributed by atoms with Crippen molar-refractivity contribution in [3.63, 3.8) is 0 Å². The van der Waals surface area contributed by atoms with Gasteiger partial charge in [-0.2, -0.15) is 0 Å². The van der Waals surface area contributed by atoms with Crippen molar-refractivity contribution < 1.29 is 13.9 Å². The monoisotopic (exact) mass is 251 g/mol. The van der Waals surface area contributed by atoms with Crippen LogP contribution in [0, 0.1) is 5.82 Å². The Hall–Kier alpha value is -1.88. The Labute approximate surface area is 102 Å². The van der Waals surface area contributed by atoms with Crippen molar-refractivity contribution in [3.05, 3.63) is 46.4 Å². The van der Waals surface area contributed by atoms with Crippen LogP contribution in [0.15, 0.2) is 35.7 Å². The highest BCUT2D eigenvalue weighted by Gasteiger charge is 2.09. The molecule has 0 fully saturated rings. The maximum atomic E-state index is 13.1. The molecule has 2 rings (SSSR count). The molecule has 88 valence electrons. The molecule has 17 heavy (non-hydrogen) atoms. The lowest BCUT2D eigenvalue weighted by atomic mass is 10.3. The van der Waals surface area contributed by atoms with Crippen LogP contribution in [0.1, 0.15) is 9.67 Å². The van der Waals surface area contributed by atoms with Crippen molar-refractivity contribution in [2.24, 2.45) is 0 Å². The quantitative estimate of drug-likeness (QED) is 0.910. The van der Waals surface area contributed by atoms with Crippen LogP contribution in [0.25, 0.3) is 0 Å². The van der Waals surface area contributed by atoms with E-state index in [1.807, 2.05) is 5.38 Å². The van der Waals surface area contributed by atoms with Gasteiger partial charge >= 0.3 is 0 Å². The number of carbonyl (C=O) groups is 1. The highest BCUT2D eigenvalue weighted by atomic mass is 32.1. The van der Waals surface area contributed by atoms with E-state index >= 15 is 0 Å². The predicted octanol–water partition coefficient (Wildman–Crippen LogP) is 3.15. The van der Waals surface area contributed by atoms with E-state index in [0.29, 0.717) is 10.6 Å². The number of benzene rings is 1. The number of methoxy groups -OCH3 is 1. The van der Waals surface area contributed by atoms with Gasteiger partial charge in [-0.15, -0.1) is 11.3 Å². The van der Waals surface area contributed by atoms with Gasteiger partial charge in [0.1, 0.15) is 0 Å². The Morgan fingerprint density at radius 2 is 2.24 bits per heavy atom. The molecule has 0 aliphatic rings. The minimum absolute atomic E-state index is 0.106. The van der Waals surface area contributed by atoms with Gasteiger partial charge in [-0.1, -0.05) is 6.07 Å². The third-order valence-electron chi connectivity index (χ3n) is 2.15. The van der Waals surface area contributed by atoms with Crippen LogP contribution in [0.2, 0.25) is 0 Å². The smallest absolute Gasteiger partial charge is 0.265 e. The van der Waals surface area contributed by atoms with Crippen LogP contribution in [-0.2, 0) is 0 Å². The molecule has 0 spiro atoms. The van der Waals surface area contributed by atoms with Crippen LogP contribution in [0.3, 0.4) is 0 Å². The van der Waals surface area contributed by atoms with E-state index < -0.39 is 5.82 Å². The molecule has 0 unspecified atom stereocenters.